The van der Waals surface area contributed by atoms with E-state index in [1.165, 1.54) is 44.3 Å². The summed E-state index contributed by atoms with van der Waals surface area (Å²) in [7, 11) is 0. The summed E-state index contributed by atoms with van der Waals surface area (Å²) in [6.45, 7) is 3.71. The molecular formula is C22H25NO2. The number of rotatable bonds is 2. The summed E-state index contributed by atoms with van der Waals surface area (Å²) in [5.41, 5.74) is 4.46. The SMILES string of the molecule is c1ccc2c(c1)CC(N1CCC(c3cccc4c3OCCO4)CC1)C2. The first-order valence-electron chi connectivity index (χ1n) is 9.58. The second-order valence-corrected chi connectivity index (χ2v) is 7.51. The van der Waals surface area contributed by atoms with Crippen molar-refractivity contribution in [2.75, 3.05) is 26.3 Å². The monoisotopic (exact) mass is 335 g/mol. The van der Waals surface area contributed by atoms with E-state index in [0.29, 0.717) is 25.2 Å². The van der Waals surface area contributed by atoms with Gasteiger partial charge in [0.15, 0.2) is 11.5 Å². The van der Waals surface area contributed by atoms with Crippen LogP contribution in [0.2, 0.25) is 0 Å². The standard InChI is InChI=1S/C22H25NO2/c1-2-5-18-15-19(14-17(18)4-1)23-10-8-16(9-11-23)20-6-3-7-21-22(20)25-13-12-24-21/h1-7,16,19H,8-15H2. The van der Waals surface area contributed by atoms with Crippen LogP contribution in [0.3, 0.4) is 0 Å². The Bertz CT molecular complexity index is 739. The highest BCUT2D eigenvalue weighted by Crippen LogP contribution is 2.41. The van der Waals surface area contributed by atoms with Crippen LogP contribution in [0.4, 0.5) is 0 Å². The van der Waals surface area contributed by atoms with Crippen molar-refractivity contribution in [1.82, 2.24) is 4.90 Å². The molecule has 3 aliphatic rings. The normalized spacial score (nSPS) is 21.3. The lowest BCUT2D eigenvalue weighted by atomic mass is 9.87. The average molecular weight is 335 g/mol. The second-order valence-electron chi connectivity index (χ2n) is 7.51. The summed E-state index contributed by atoms with van der Waals surface area (Å²) in [6.07, 6.45) is 4.87. The van der Waals surface area contributed by atoms with Gasteiger partial charge in [-0.15, -0.1) is 0 Å². The van der Waals surface area contributed by atoms with Crippen molar-refractivity contribution in [2.45, 2.75) is 37.6 Å². The van der Waals surface area contributed by atoms with Crippen molar-refractivity contribution in [3.05, 3.63) is 59.2 Å². The van der Waals surface area contributed by atoms with Crippen LogP contribution in [0.1, 0.15) is 35.4 Å². The van der Waals surface area contributed by atoms with Crippen molar-refractivity contribution < 1.29 is 9.47 Å². The Morgan fingerprint density at radius 2 is 1.52 bits per heavy atom. The Labute approximate surface area is 149 Å². The van der Waals surface area contributed by atoms with E-state index >= 15 is 0 Å². The molecule has 0 amide bonds. The van der Waals surface area contributed by atoms with Gasteiger partial charge in [-0.05, 0) is 61.9 Å². The molecule has 0 atom stereocenters. The van der Waals surface area contributed by atoms with E-state index in [0.717, 1.165) is 11.5 Å². The average Bonchev–Trinajstić information content (AvgIpc) is 3.12. The maximum absolute atomic E-state index is 5.94. The summed E-state index contributed by atoms with van der Waals surface area (Å²) in [4.78, 5) is 2.71. The summed E-state index contributed by atoms with van der Waals surface area (Å²) >= 11 is 0. The zero-order chi connectivity index (χ0) is 16.6. The molecule has 3 nitrogen and oxygen atoms in total. The lowest BCUT2D eigenvalue weighted by Gasteiger charge is -2.37. The van der Waals surface area contributed by atoms with Crippen molar-refractivity contribution in [3.63, 3.8) is 0 Å². The summed E-state index contributed by atoms with van der Waals surface area (Å²) in [5.74, 6) is 2.52. The largest absolute Gasteiger partial charge is 0.486 e. The van der Waals surface area contributed by atoms with Gasteiger partial charge < -0.3 is 9.47 Å². The number of hydrogen-bond donors (Lipinski definition) is 0. The summed E-state index contributed by atoms with van der Waals surface area (Å²) in [5, 5.41) is 0. The molecule has 2 aromatic carbocycles. The topological polar surface area (TPSA) is 21.7 Å². The maximum Gasteiger partial charge on any atom is 0.164 e. The molecule has 0 aromatic heterocycles. The number of hydrogen-bond acceptors (Lipinski definition) is 3. The highest BCUT2D eigenvalue weighted by atomic mass is 16.6. The van der Waals surface area contributed by atoms with Crippen molar-refractivity contribution in [1.29, 1.82) is 0 Å². The van der Waals surface area contributed by atoms with Gasteiger partial charge in [-0.25, -0.2) is 0 Å². The molecule has 25 heavy (non-hydrogen) atoms. The number of likely N-dealkylation sites (tertiary alicyclic amines) is 1. The zero-order valence-corrected chi connectivity index (χ0v) is 14.6. The quantitative estimate of drug-likeness (QED) is 0.833. The number of para-hydroxylation sites is 1. The summed E-state index contributed by atoms with van der Waals surface area (Å²) < 4.78 is 11.7. The fraction of sp³-hybridized carbons (Fsp3) is 0.455. The predicted molar refractivity (Wildman–Crippen MR) is 98.6 cm³/mol. The van der Waals surface area contributed by atoms with Crippen LogP contribution in [0.15, 0.2) is 42.5 Å². The fourth-order valence-electron chi connectivity index (χ4n) is 4.79. The molecule has 0 saturated carbocycles. The minimum absolute atomic E-state index is 0.594. The van der Waals surface area contributed by atoms with Gasteiger partial charge in [0, 0.05) is 11.6 Å². The molecule has 130 valence electrons. The Morgan fingerprint density at radius 3 is 2.28 bits per heavy atom. The number of ether oxygens (including phenoxy) is 2. The maximum atomic E-state index is 5.94. The first-order chi connectivity index (χ1) is 12.4. The number of benzene rings is 2. The Kier molecular flexibility index (Phi) is 3.90. The number of fused-ring (bicyclic) bond motifs is 2. The number of piperidine rings is 1. The third-order valence-electron chi connectivity index (χ3n) is 6.11. The molecule has 3 heteroatoms. The van der Waals surface area contributed by atoms with Crippen LogP contribution < -0.4 is 9.47 Å². The molecule has 5 rings (SSSR count). The first-order valence-corrected chi connectivity index (χ1v) is 9.58. The Balaban J connectivity index is 1.27. The van der Waals surface area contributed by atoms with E-state index < -0.39 is 0 Å². The van der Waals surface area contributed by atoms with E-state index in [1.54, 1.807) is 11.1 Å². The van der Waals surface area contributed by atoms with Gasteiger partial charge in [0.1, 0.15) is 13.2 Å². The smallest absolute Gasteiger partial charge is 0.164 e. The molecule has 0 bridgehead atoms. The van der Waals surface area contributed by atoms with Crippen LogP contribution in [-0.2, 0) is 12.8 Å². The van der Waals surface area contributed by atoms with Gasteiger partial charge in [0.25, 0.3) is 0 Å². The van der Waals surface area contributed by atoms with Gasteiger partial charge in [-0.3, -0.25) is 4.90 Å². The van der Waals surface area contributed by atoms with E-state index in [-0.39, 0.29) is 0 Å². The van der Waals surface area contributed by atoms with Crippen LogP contribution in [0.25, 0.3) is 0 Å². The minimum Gasteiger partial charge on any atom is -0.486 e. The zero-order valence-electron chi connectivity index (χ0n) is 14.6. The van der Waals surface area contributed by atoms with E-state index in [4.69, 9.17) is 9.47 Å². The van der Waals surface area contributed by atoms with E-state index in [2.05, 4.69) is 41.3 Å². The molecule has 1 saturated heterocycles. The lowest BCUT2D eigenvalue weighted by Crippen LogP contribution is -2.41. The third kappa shape index (κ3) is 2.81. The van der Waals surface area contributed by atoms with Gasteiger partial charge in [-0.2, -0.15) is 0 Å². The lowest BCUT2D eigenvalue weighted by molar-refractivity contribution is 0.148. The molecule has 2 aliphatic heterocycles. The predicted octanol–water partition coefficient (Wildman–Crippen LogP) is 3.80. The summed E-state index contributed by atoms with van der Waals surface area (Å²) in [6, 6.07) is 16.0. The van der Waals surface area contributed by atoms with Crippen LogP contribution >= 0.6 is 0 Å². The van der Waals surface area contributed by atoms with Crippen LogP contribution in [-0.4, -0.2) is 37.2 Å². The highest BCUT2D eigenvalue weighted by Gasteiger charge is 2.31. The van der Waals surface area contributed by atoms with Gasteiger partial charge >= 0.3 is 0 Å². The molecule has 1 aliphatic carbocycles. The fourth-order valence-corrected chi connectivity index (χ4v) is 4.79. The molecule has 1 fully saturated rings. The Morgan fingerprint density at radius 1 is 0.800 bits per heavy atom. The first kappa shape index (κ1) is 15.3. The van der Waals surface area contributed by atoms with Crippen molar-refractivity contribution in [3.8, 4) is 11.5 Å². The van der Waals surface area contributed by atoms with Crippen LogP contribution in [0, 0.1) is 0 Å². The molecule has 0 radical (unpaired) electrons. The molecule has 2 heterocycles. The highest BCUT2D eigenvalue weighted by molar-refractivity contribution is 5.49. The van der Waals surface area contributed by atoms with E-state index in [1.807, 2.05) is 6.07 Å². The van der Waals surface area contributed by atoms with Gasteiger partial charge in [0.2, 0.25) is 0 Å². The Hall–Kier alpha value is -2.00. The number of nitrogens with zero attached hydrogens (tertiary/aromatic N) is 1. The van der Waals surface area contributed by atoms with E-state index in [9.17, 15) is 0 Å². The van der Waals surface area contributed by atoms with Crippen molar-refractivity contribution >= 4 is 0 Å². The third-order valence-corrected chi connectivity index (χ3v) is 6.11. The minimum atomic E-state index is 0.594. The van der Waals surface area contributed by atoms with Crippen molar-refractivity contribution in [2.24, 2.45) is 0 Å². The van der Waals surface area contributed by atoms with Gasteiger partial charge in [-0.1, -0.05) is 36.4 Å². The van der Waals surface area contributed by atoms with Crippen LogP contribution in [0.5, 0.6) is 11.5 Å². The molecule has 0 unspecified atom stereocenters. The molecule has 0 N–H and O–H groups in total. The molecule has 0 spiro atoms. The second kappa shape index (κ2) is 6.38. The molecular weight excluding hydrogens is 310 g/mol. The van der Waals surface area contributed by atoms with Gasteiger partial charge in [0.05, 0.1) is 0 Å². The molecule has 2 aromatic rings.